The van der Waals surface area contributed by atoms with Crippen LogP contribution >= 0.6 is 7.80 Å². The van der Waals surface area contributed by atoms with E-state index < -0.39 is 13.3 Å². The molecule has 1 atom stereocenters. The highest BCUT2D eigenvalue weighted by atomic mass is 31.1. The van der Waals surface area contributed by atoms with Gasteiger partial charge in [-0.2, -0.15) is 0 Å². The molecule has 0 aliphatic rings. The lowest BCUT2D eigenvalue weighted by Gasteiger charge is -2.10. The van der Waals surface area contributed by atoms with Crippen molar-refractivity contribution in [3.05, 3.63) is 99.1 Å². The fraction of sp³-hybridized carbons (Fsp3) is 0.200. The van der Waals surface area contributed by atoms with Crippen molar-refractivity contribution in [3.63, 3.8) is 0 Å². The van der Waals surface area contributed by atoms with E-state index in [-0.39, 0.29) is 5.78 Å². The molecule has 0 fully saturated rings. The predicted molar refractivity (Wildman–Crippen MR) is 118 cm³/mol. The van der Waals surface area contributed by atoms with Crippen LogP contribution in [0.25, 0.3) is 0 Å². The second-order valence-electron chi connectivity index (χ2n) is 7.49. The second kappa shape index (κ2) is 8.23. The molecule has 0 N–H and O–H groups in total. The van der Waals surface area contributed by atoms with Crippen LogP contribution in [-0.4, -0.2) is 11.3 Å². The van der Waals surface area contributed by atoms with Crippen LogP contribution < -0.4 is 5.30 Å². The number of aryl methyl sites for hydroxylation is 5. The van der Waals surface area contributed by atoms with Crippen molar-refractivity contribution >= 4 is 24.4 Å². The van der Waals surface area contributed by atoms with E-state index in [0.29, 0.717) is 22.0 Å². The summed E-state index contributed by atoms with van der Waals surface area (Å²) in [5, 5.41) is 0.291. The maximum absolute atomic E-state index is 13.4. The van der Waals surface area contributed by atoms with Crippen molar-refractivity contribution in [1.82, 2.24) is 0 Å². The van der Waals surface area contributed by atoms with Gasteiger partial charge in [-0.25, -0.2) is 4.79 Å². The Morgan fingerprint density at radius 3 is 1.83 bits per heavy atom. The van der Waals surface area contributed by atoms with Crippen LogP contribution in [0.4, 0.5) is 0 Å². The van der Waals surface area contributed by atoms with Crippen molar-refractivity contribution in [3.8, 4) is 0 Å². The summed E-state index contributed by atoms with van der Waals surface area (Å²) < 4.78 is 13.3. The molecule has 0 aliphatic heterocycles. The minimum absolute atomic E-state index is 0.201. The SMILES string of the molecule is Cc1cc(C)c(C(=O)c2ccccc2[P+](=O)C(=O)c2c(C)cccc2C)c(C)c1. The minimum Gasteiger partial charge on any atom is -0.288 e. The quantitative estimate of drug-likeness (QED) is 0.402. The van der Waals surface area contributed by atoms with Gasteiger partial charge in [0.1, 0.15) is 0 Å². The van der Waals surface area contributed by atoms with Crippen LogP contribution in [0.3, 0.4) is 0 Å². The van der Waals surface area contributed by atoms with Gasteiger partial charge in [0.25, 0.3) is 0 Å². The highest BCUT2D eigenvalue weighted by Crippen LogP contribution is 2.32. The zero-order valence-electron chi connectivity index (χ0n) is 17.4. The largest absolute Gasteiger partial charge is 0.459 e. The summed E-state index contributed by atoms with van der Waals surface area (Å²) in [5.41, 5.74) is 5.36. The number of benzene rings is 3. The van der Waals surface area contributed by atoms with Crippen molar-refractivity contribution in [2.24, 2.45) is 0 Å². The molecule has 146 valence electrons. The smallest absolute Gasteiger partial charge is 0.288 e. The van der Waals surface area contributed by atoms with Gasteiger partial charge in [0.15, 0.2) is 5.78 Å². The molecule has 0 aliphatic carbocycles. The molecule has 0 saturated carbocycles. The number of hydrogen-bond acceptors (Lipinski definition) is 3. The predicted octanol–water partition coefficient (Wildman–Crippen LogP) is 5.75. The molecule has 29 heavy (non-hydrogen) atoms. The van der Waals surface area contributed by atoms with Crippen LogP contribution in [0.15, 0.2) is 54.6 Å². The second-order valence-corrected chi connectivity index (χ2v) is 8.96. The Hall–Kier alpha value is -2.90. The highest BCUT2D eigenvalue weighted by molar-refractivity contribution is 7.71. The fourth-order valence-electron chi connectivity index (χ4n) is 3.88. The van der Waals surface area contributed by atoms with Gasteiger partial charge in [0.2, 0.25) is 5.30 Å². The van der Waals surface area contributed by atoms with Crippen molar-refractivity contribution < 1.29 is 14.2 Å². The standard InChI is InChI=1S/C25H24O3P/c1-15-13-18(4)22(19(5)14-15)24(26)20-11-6-7-12-21(20)29(28)25(27)23-16(2)9-8-10-17(23)3/h6-14H,1-5H3/q+1. The Morgan fingerprint density at radius 2 is 1.24 bits per heavy atom. The molecular weight excluding hydrogens is 379 g/mol. The van der Waals surface area contributed by atoms with Gasteiger partial charge in [0, 0.05) is 5.56 Å². The van der Waals surface area contributed by atoms with E-state index in [1.165, 1.54) is 0 Å². The molecule has 0 heterocycles. The summed E-state index contributed by atoms with van der Waals surface area (Å²) >= 11 is 0. The van der Waals surface area contributed by atoms with E-state index in [2.05, 4.69) is 0 Å². The lowest BCUT2D eigenvalue weighted by atomic mass is 9.93. The summed E-state index contributed by atoms with van der Waals surface area (Å²) in [7, 11) is -2.42. The zero-order chi connectivity index (χ0) is 21.3. The van der Waals surface area contributed by atoms with Crippen LogP contribution in [0, 0.1) is 34.6 Å². The summed E-state index contributed by atoms with van der Waals surface area (Å²) in [4.78, 5) is 26.5. The van der Waals surface area contributed by atoms with Crippen molar-refractivity contribution in [2.75, 3.05) is 0 Å². The number of hydrogen-bond donors (Lipinski definition) is 0. The summed E-state index contributed by atoms with van der Waals surface area (Å²) in [6.45, 7) is 9.46. The molecule has 0 bridgehead atoms. The molecule has 0 saturated heterocycles. The molecule has 3 aromatic carbocycles. The molecule has 0 aromatic heterocycles. The molecule has 3 rings (SSSR count). The molecule has 3 aromatic rings. The summed E-state index contributed by atoms with van der Waals surface area (Å²) in [6, 6.07) is 16.2. The molecule has 0 radical (unpaired) electrons. The average Bonchev–Trinajstić information content (AvgIpc) is 2.66. The number of carbonyl (C=O) groups excluding carboxylic acids is 2. The van der Waals surface area contributed by atoms with Crippen LogP contribution in [0.2, 0.25) is 0 Å². The lowest BCUT2D eigenvalue weighted by Crippen LogP contribution is -2.18. The number of rotatable bonds is 5. The van der Waals surface area contributed by atoms with Gasteiger partial charge >= 0.3 is 13.3 Å². The third kappa shape index (κ3) is 3.97. The van der Waals surface area contributed by atoms with E-state index in [1.807, 2.05) is 65.0 Å². The fourth-order valence-corrected chi connectivity index (χ4v) is 5.27. The Morgan fingerprint density at radius 1 is 0.690 bits per heavy atom. The molecule has 0 amide bonds. The van der Waals surface area contributed by atoms with Gasteiger partial charge in [-0.15, -0.1) is 0 Å². The third-order valence-corrected chi connectivity index (χ3v) is 6.57. The normalized spacial score (nSPS) is 11.3. The zero-order valence-corrected chi connectivity index (χ0v) is 18.3. The summed E-state index contributed by atoms with van der Waals surface area (Å²) in [5.74, 6) is -0.201. The maximum atomic E-state index is 13.4. The molecule has 0 spiro atoms. The monoisotopic (exact) mass is 403 g/mol. The first kappa shape index (κ1) is 20.8. The van der Waals surface area contributed by atoms with Crippen molar-refractivity contribution in [2.45, 2.75) is 34.6 Å². The first-order valence-electron chi connectivity index (χ1n) is 9.51. The Balaban J connectivity index is 2.10. The van der Waals surface area contributed by atoms with E-state index in [0.717, 1.165) is 27.8 Å². The van der Waals surface area contributed by atoms with Crippen LogP contribution in [0.5, 0.6) is 0 Å². The number of ketones is 1. The molecule has 3 nitrogen and oxygen atoms in total. The maximum Gasteiger partial charge on any atom is 0.459 e. The first-order chi connectivity index (χ1) is 13.7. The molecule has 1 unspecified atom stereocenters. The van der Waals surface area contributed by atoms with E-state index in [1.54, 1.807) is 24.3 Å². The van der Waals surface area contributed by atoms with Gasteiger partial charge in [0.05, 0.1) is 11.1 Å². The molecule has 4 heteroatoms. The topological polar surface area (TPSA) is 51.2 Å². The van der Waals surface area contributed by atoms with Gasteiger partial charge in [-0.05, 0) is 69.0 Å². The third-order valence-electron chi connectivity index (χ3n) is 5.15. The van der Waals surface area contributed by atoms with Crippen LogP contribution in [0.1, 0.15) is 54.1 Å². The Labute approximate surface area is 172 Å². The number of carbonyl (C=O) groups is 2. The Kier molecular flexibility index (Phi) is 5.91. The van der Waals surface area contributed by atoms with E-state index in [4.69, 9.17) is 0 Å². The van der Waals surface area contributed by atoms with Gasteiger partial charge in [-0.3, -0.25) is 4.79 Å². The minimum atomic E-state index is -2.42. The van der Waals surface area contributed by atoms with E-state index >= 15 is 0 Å². The van der Waals surface area contributed by atoms with Crippen LogP contribution in [-0.2, 0) is 4.57 Å². The van der Waals surface area contributed by atoms with Gasteiger partial charge in [-0.1, -0.05) is 52.6 Å². The first-order valence-corrected chi connectivity index (χ1v) is 10.8. The van der Waals surface area contributed by atoms with Gasteiger partial charge < -0.3 is 0 Å². The highest BCUT2D eigenvalue weighted by Gasteiger charge is 2.38. The Bertz CT molecular complexity index is 1120. The van der Waals surface area contributed by atoms with E-state index in [9.17, 15) is 14.2 Å². The molecular formula is C25H24O3P+. The van der Waals surface area contributed by atoms with Crippen molar-refractivity contribution in [1.29, 1.82) is 0 Å². The lowest BCUT2D eigenvalue weighted by molar-refractivity contribution is 0.103. The summed E-state index contributed by atoms with van der Waals surface area (Å²) in [6.07, 6.45) is 0. The average molecular weight is 403 g/mol.